The van der Waals surface area contributed by atoms with Gasteiger partial charge in [-0.05, 0) is 6.42 Å². The van der Waals surface area contributed by atoms with E-state index >= 15 is 0 Å². The van der Waals surface area contributed by atoms with E-state index in [1.54, 1.807) is 0 Å². The molecule has 0 radical (unpaired) electrons. The van der Waals surface area contributed by atoms with Gasteiger partial charge in [0, 0.05) is 6.42 Å². The number of nitrogens with one attached hydrogen (secondary N) is 1. The zero-order chi connectivity index (χ0) is 14.6. The maximum Gasteiger partial charge on any atom is 0.306 e. The molecule has 1 atom stereocenters. The molecule has 0 aliphatic carbocycles. The zero-order valence-corrected chi connectivity index (χ0v) is 12.8. The number of hydrogen-bond acceptors (Lipinski definition) is 3. The summed E-state index contributed by atoms with van der Waals surface area (Å²) in [6, 6.07) is 0. The van der Waals surface area contributed by atoms with Gasteiger partial charge in [-0.3, -0.25) is 9.59 Å². The lowest BCUT2D eigenvalue weighted by Crippen LogP contribution is -2.20. The van der Waals surface area contributed by atoms with Crippen molar-refractivity contribution in [1.29, 1.82) is 0 Å². The molecule has 1 N–H and O–H groups in total. The van der Waals surface area contributed by atoms with Crippen molar-refractivity contribution in [3.8, 4) is 0 Å². The first kappa shape index (κ1) is 17.0. The highest BCUT2D eigenvalue weighted by Crippen LogP contribution is 2.12. The van der Waals surface area contributed by atoms with Crippen molar-refractivity contribution >= 4 is 11.9 Å². The minimum absolute atomic E-state index is 0.0223. The third-order valence-electron chi connectivity index (χ3n) is 3.72. The summed E-state index contributed by atoms with van der Waals surface area (Å²) in [7, 11) is 0. The van der Waals surface area contributed by atoms with E-state index in [1.165, 1.54) is 44.9 Å². The van der Waals surface area contributed by atoms with Crippen LogP contribution in [-0.2, 0) is 14.3 Å². The summed E-state index contributed by atoms with van der Waals surface area (Å²) in [6.07, 6.45) is 11.7. The molecule has 1 unspecified atom stereocenters. The van der Waals surface area contributed by atoms with Gasteiger partial charge in [0.05, 0.1) is 13.0 Å². The molecule has 116 valence electrons. The Morgan fingerprint density at radius 1 is 1.10 bits per heavy atom. The Balaban J connectivity index is 1.86. The molecule has 0 aromatic rings. The van der Waals surface area contributed by atoms with Crippen LogP contribution in [0.3, 0.4) is 0 Å². The molecule has 4 heteroatoms. The number of carbonyl (C=O) groups is 2. The molecule has 0 aromatic carbocycles. The van der Waals surface area contributed by atoms with E-state index in [9.17, 15) is 9.59 Å². The Bertz CT molecular complexity index is 291. The predicted molar refractivity (Wildman–Crippen MR) is 79.4 cm³/mol. The SMILES string of the molecule is CCCCCCCCCCCC(=O)OC1CNC(=O)C1. The van der Waals surface area contributed by atoms with Crippen LogP contribution < -0.4 is 5.32 Å². The van der Waals surface area contributed by atoms with Crippen molar-refractivity contribution in [2.75, 3.05) is 6.54 Å². The van der Waals surface area contributed by atoms with Crippen LogP contribution in [0.4, 0.5) is 0 Å². The third-order valence-corrected chi connectivity index (χ3v) is 3.72. The lowest BCUT2D eigenvalue weighted by Gasteiger charge is -2.09. The fourth-order valence-corrected chi connectivity index (χ4v) is 2.49. The molecular formula is C16H29NO3. The molecule has 0 saturated carbocycles. The Labute approximate surface area is 122 Å². The number of esters is 1. The standard InChI is InChI=1S/C16H29NO3/c1-2-3-4-5-6-7-8-9-10-11-16(19)20-14-12-15(18)17-13-14/h14H,2-13H2,1H3,(H,17,18). The highest BCUT2D eigenvalue weighted by atomic mass is 16.5. The van der Waals surface area contributed by atoms with E-state index in [0.717, 1.165) is 12.8 Å². The Kier molecular flexibility index (Phi) is 9.09. The van der Waals surface area contributed by atoms with Gasteiger partial charge in [-0.2, -0.15) is 0 Å². The van der Waals surface area contributed by atoms with E-state index in [4.69, 9.17) is 4.74 Å². The van der Waals surface area contributed by atoms with E-state index in [0.29, 0.717) is 19.4 Å². The van der Waals surface area contributed by atoms with Crippen LogP contribution in [0, 0.1) is 0 Å². The lowest BCUT2D eigenvalue weighted by molar-refractivity contribution is -0.148. The summed E-state index contributed by atoms with van der Waals surface area (Å²) in [4.78, 5) is 22.5. The smallest absolute Gasteiger partial charge is 0.306 e. The van der Waals surface area contributed by atoms with Crippen molar-refractivity contribution in [2.45, 2.75) is 83.7 Å². The molecule has 4 nitrogen and oxygen atoms in total. The Morgan fingerprint density at radius 2 is 1.70 bits per heavy atom. The summed E-state index contributed by atoms with van der Waals surface area (Å²) in [5.41, 5.74) is 0. The van der Waals surface area contributed by atoms with Crippen molar-refractivity contribution in [1.82, 2.24) is 5.32 Å². The second kappa shape index (κ2) is 10.7. The molecule has 1 amide bonds. The van der Waals surface area contributed by atoms with Gasteiger partial charge in [0.25, 0.3) is 0 Å². The second-order valence-electron chi connectivity index (χ2n) is 5.70. The summed E-state index contributed by atoms with van der Waals surface area (Å²) in [5, 5.41) is 2.66. The van der Waals surface area contributed by atoms with Gasteiger partial charge in [-0.25, -0.2) is 0 Å². The number of unbranched alkanes of at least 4 members (excludes halogenated alkanes) is 8. The summed E-state index contributed by atoms with van der Waals surface area (Å²) in [6.45, 7) is 2.71. The number of carbonyl (C=O) groups excluding carboxylic acids is 2. The number of rotatable bonds is 11. The van der Waals surface area contributed by atoms with Crippen LogP contribution in [-0.4, -0.2) is 24.5 Å². The fourth-order valence-electron chi connectivity index (χ4n) is 2.49. The fraction of sp³-hybridized carbons (Fsp3) is 0.875. The quantitative estimate of drug-likeness (QED) is 0.467. The van der Waals surface area contributed by atoms with Crippen LogP contribution in [0.1, 0.15) is 77.6 Å². The zero-order valence-electron chi connectivity index (χ0n) is 12.8. The molecule has 0 spiro atoms. The summed E-state index contributed by atoms with van der Waals surface area (Å²) in [5.74, 6) is -0.180. The first-order valence-corrected chi connectivity index (χ1v) is 8.18. The minimum Gasteiger partial charge on any atom is -0.460 e. The number of ether oxygens (including phenoxy) is 1. The normalized spacial score (nSPS) is 18.1. The van der Waals surface area contributed by atoms with Gasteiger partial charge in [-0.1, -0.05) is 58.3 Å². The maximum atomic E-state index is 11.6. The van der Waals surface area contributed by atoms with Gasteiger partial charge in [-0.15, -0.1) is 0 Å². The van der Waals surface area contributed by atoms with Gasteiger partial charge in [0.1, 0.15) is 6.10 Å². The molecule has 1 aliphatic rings. The molecule has 1 aliphatic heterocycles. The predicted octanol–water partition coefficient (Wildman–Crippen LogP) is 3.34. The Hall–Kier alpha value is -1.06. The highest BCUT2D eigenvalue weighted by Gasteiger charge is 2.24. The average Bonchev–Trinajstić information content (AvgIpc) is 2.82. The van der Waals surface area contributed by atoms with Crippen molar-refractivity contribution in [3.05, 3.63) is 0 Å². The van der Waals surface area contributed by atoms with Crippen LogP contribution in [0.15, 0.2) is 0 Å². The van der Waals surface area contributed by atoms with Gasteiger partial charge < -0.3 is 10.1 Å². The van der Waals surface area contributed by atoms with Crippen LogP contribution in [0.2, 0.25) is 0 Å². The van der Waals surface area contributed by atoms with Gasteiger partial charge in [0.15, 0.2) is 0 Å². The maximum absolute atomic E-state index is 11.6. The van der Waals surface area contributed by atoms with Crippen LogP contribution >= 0.6 is 0 Å². The molecule has 1 saturated heterocycles. The Morgan fingerprint density at radius 3 is 2.25 bits per heavy atom. The summed E-state index contributed by atoms with van der Waals surface area (Å²) < 4.78 is 5.23. The van der Waals surface area contributed by atoms with E-state index in [-0.39, 0.29) is 18.0 Å². The monoisotopic (exact) mass is 283 g/mol. The topological polar surface area (TPSA) is 55.4 Å². The summed E-state index contributed by atoms with van der Waals surface area (Å²) >= 11 is 0. The van der Waals surface area contributed by atoms with Crippen molar-refractivity contribution in [2.24, 2.45) is 0 Å². The average molecular weight is 283 g/mol. The highest BCUT2D eigenvalue weighted by molar-refractivity contribution is 5.79. The molecule has 0 aromatic heterocycles. The molecular weight excluding hydrogens is 254 g/mol. The second-order valence-corrected chi connectivity index (χ2v) is 5.70. The van der Waals surface area contributed by atoms with Gasteiger partial charge in [0.2, 0.25) is 5.91 Å². The lowest BCUT2D eigenvalue weighted by atomic mass is 10.1. The van der Waals surface area contributed by atoms with Crippen molar-refractivity contribution in [3.63, 3.8) is 0 Å². The molecule has 1 rings (SSSR count). The molecule has 0 bridgehead atoms. The van der Waals surface area contributed by atoms with Gasteiger partial charge >= 0.3 is 5.97 Å². The minimum atomic E-state index is -0.242. The number of hydrogen-bond donors (Lipinski definition) is 1. The van der Waals surface area contributed by atoms with E-state index in [1.807, 2.05) is 0 Å². The first-order valence-electron chi connectivity index (χ1n) is 8.18. The van der Waals surface area contributed by atoms with E-state index < -0.39 is 0 Å². The molecule has 1 heterocycles. The third kappa shape index (κ3) is 8.18. The molecule has 20 heavy (non-hydrogen) atoms. The van der Waals surface area contributed by atoms with E-state index in [2.05, 4.69) is 12.2 Å². The van der Waals surface area contributed by atoms with Crippen molar-refractivity contribution < 1.29 is 14.3 Å². The first-order chi connectivity index (χ1) is 9.72. The molecule has 1 fully saturated rings. The van der Waals surface area contributed by atoms with Crippen LogP contribution in [0.5, 0.6) is 0 Å². The number of amides is 1. The largest absolute Gasteiger partial charge is 0.460 e. The van der Waals surface area contributed by atoms with Crippen LogP contribution in [0.25, 0.3) is 0 Å².